The maximum atomic E-state index is 14.4. The van der Waals surface area contributed by atoms with E-state index in [9.17, 15) is 24.9 Å². The summed E-state index contributed by atoms with van der Waals surface area (Å²) in [4.78, 5) is 35.2. The van der Waals surface area contributed by atoms with E-state index in [1.807, 2.05) is 63.1 Å². The number of likely N-dealkylation sites (N-methyl/N-ethyl adjacent to an activating group) is 1. The van der Waals surface area contributed by atoms with E-state index in [1.165, 1.54) is 14.0 Å². The summed E-state index contributed by atoms with van der Waals surface area (Å²) in [7, 11) is 5.01. The van der Waals surface area contributed by atoms with Crippen LogP contribution in [0.5, 0.6) is 0 Å². The zero-order valence-electron chi connectivity index (χ0n) is 38.4. The first-order valence-corrected chi connectivity index (χ1v) is 21.9. The number of amides is 1. The molecular formula is C45H73N3O13. The van der Waals surface area contributed by atoms with Gasteiger partial charge < -0.3 is 63.4 Å². The average molecular weight is 864 g/mol. The summed E-state index contributed by atoms with van der Waals surface area (Å²) < 4.78 is 51.7. The Morgan fingerprint density at radius 2 is 1.56 bits per heavy atom. The molecule has 4 saturated heterocycles. The molecule has 5 rings (SSSR count). The minimum absolute atomic E-state index is 0.124. The predicted molar refractivity (Wildman–Crippen MR) is 225 cm³/mol. The molecule has 0 bridgehead atoms. The number of ether oxygens (including phenoxy) is 8. The van der Waals surface area contributed by atoms with Gasteiger partial charge in [-0.05, 0) is 73.3 Å². The summed E-state index contributed by atoms with van der Waals surface area (Å²) in [6.07, 6.45) is -7.98. The van der Waals surface area contributed by atoms with E-state index in [-0.39, 0.29) is 37.3 Å². The van der Waals surface area contributed by atoms with Crippen LogP contribution in [0.25, 0.3) is 0 Å². The van der Waals surface area contributed by atoms with Gasteiger partial charge in [0.25, 0.3) is 6.02 Å². The van der Waals surface area contributed by atoms with Gasteiger partial charge in [-0.1, -0.05) is 51.1 Å². The minimum atomic E-state index is -1.95. The van der Waals surface area contributed by atoms with Crippen LogP contribution in [0.4, 0.5) is 0 Å². The van der Waals surface area contributed by atoms with Crippen LogP contribution >= 0.6 is 0 Å². The molecule has 0 radical (unpaired) electrons. The third-order valence-electron chi connectivity index (χ3n) is 13.7. The molecule has 16 heteroatoms. The lowest BCUT2D eigenvalue weighted by atomic mass is 9.77. The number of nitrogens with zero attached hydrogens (tertiary/aromatic N) is 2. The van der Waals surface area contributed by atoms with E-state index >= 15 is 0 Å². The number of benzene rings is 1. The summed E-state index contributed by atoms with van der Waals surface area (Å²) in [5.74, 6) is -3.52. The molecule has 0 aromatic heterocycles. The summed E-state index contributed by atoms with van der Waals surface area (Å²) >= 11 is 0. The van der Waals surface area contributed by atoms with E-state index in [1.54, 1.807) is 48.7 Å². The molecule has 1 aromatic carbocycles. The van der Waals surface area contributed by atoms with Crippen molar-refractivity contribution in [1.29, 1.82) is 0 Å². The van der Waals surface area contributed by atoms with Gasteiger partial charge in [0, 0.05) is 39.5 Å². The first kappa shape index (κ1) is 49.1. The summed E-state index contributed by atoms with van der Waals surface area (Å²) in [6, 6.07) is 9.29. The fourth-order valence-corrected chi connectivity index (χ4v) is 9.64. The Labute approximate surface area is 361 Å². The SMILES string of the molecule is CC[C@H]1OC(=O)[C@H](C)[C@@H](O[C@H]2C[C@@](C)(OC)[C@@H](O)[C@H](C)O2)[C@H](C)[C@@H](O[C@@H]2O[C@H](C)C[C@H]3[C@H]2OC(=NCc2ccccc2)N3C)[C@](C)(OC)C[C@@H](C)C(=O)N[C@H](C)[C@@H](O)[C@]1(C)O. The highest BCUT2D eigenvalue weighted by Gasteiger charge is 2.55. The van der Waals surface area contributed by atoms with Crippen LogP contribution in [-0.4, -0.2) is 150 Å². The molecule has 0 spiro atoms. The second-order valence-electron chi connectivity index (χ2n) is 18.6. The second-order valence-corrected chi connectivity index (χ2v) is 18.6. The Balaban J connectivity index is 1.59. The first-order chi connectivity index (χ1) is 28.6. The van der Waals surface area contributed by atoms with Gasteiger partial charge in [0.15, 0.2) is 18.7 Å². The van der Waals surface area contributed by atoms with E-state index < -0.39 is 102 Å². The number of hydrogen-bond acceptors (Lipinski definition) is 14. The molecule has 1 aromatic rings. The van der Waals surface area contributed by atoms with Crippen molar-refractivity contribution >= 4 is 17.9 Å². The number of carbonyl (C=O) groups excluding carboxylic acids is 2. The summed E-state index contributed by atoms with van der Waals surface area (Å²) in [5.41, 5.74) is -3.20. The van der Waals surface area contributed by atoms with Gasteiger partial charge in [-0.25, -0.2) is 4.99 Å². The lowest BCUT2D eigenvalue weighted by molar-refractivity contribution is -0.315. The number of rotatable bonds is 9. The van der Waals surface area contributed by atoms with Crippen molar-refractivity contribution in [2.24, 2.45) is 22.7 Å². The molecule has 4 aliphatic rings. The van der Waals surface area contributed by atoms with Crippen LogP contribution in [0.1, 0.15) is 100 Å². The zero-order valence-corrected chi connectivity index (χ0v) is 38.4. The number of methoxy groups -OCH3 is 2. The highest BCUT2D eigenvalue weighted by molar-refractivity contribution is 5.79. The molecule has 61 heavy (non-hydrogen) atoms. The molecule has 4 N–H and O–H groups in total. The normalized spacial score (nSPS) is 45.0. The number of hydrogen-bond donors (Lipinski definition) is 4. The van der Waals surface area contributed by atoms with Crippen LogP contribution in [-0.2, 0) is 54.0 Å². The third kappa shape index (κ3) is 10.6. The topological polar surface area (TPSA) is 196 Å². The number of amidine groups is 1. The minimum Gasteiger partial charge on any atom is -0.459 e. The third-order valence-corrected chi connectivity index (χ3v) is 13.7. The smallest absolute Gasteiger partial charge is 0.311 e. The van der Waals surface area contributed by atoms with Crippen LogP contribution in [0.2, 0.25) is 0 Å². The molecule has 4 aliphatic heterocycles. The zero-order chi connectivity index (χ0) is 45.2. The molecule has 0 saturated carbocycles. The molecule has 1 amide bonds. The number of fused-ring (bicyclic) bond motifs is 1. The maximum absolute atomic E-state index is 14.4. The van der Waals surface area contributed by atoms with Crippen molar-refractivity contribution in [3.05, 3.63) is 35.9 Å². The van der Waals surface area contributed by atoms with E-state index in [4.69, 9.17) is 42.9 Å². The number of esters is 1. The highest BCUT2D eigenvalue weighted by atomic mass is 16.7. The lowest BCUT2D eigenvalue weighted by Crippen LogP contribution is -2.60. The Kier molecular flexibility index (Phi) is 16.0. The van der Waals surface area contributed by atoms with Crippen molar-refractivity contribution in [3.8, 4) is 0 Å². The molecule has 0 unspecified atom stereocenters. The van der Waals surface area contributed by atoms with Crippen LogP contribution in [0.3, 0.4) is 0 Å². The van der Waals surface area contributed by atoms with Gasteiger partial charge in [0.05, 0.1) is 60.2 Å². The highest BCUT2D eigenvalue weighted by Crippen LogP contribution is 2.42. The Bertz CT molecular complexity index is 1650. The maximum Gasteiger partial charge on any atom is 0.311 e. The number of nitrogens with one attached hydrogen (secondary N) is 1. The van der Waals surface area contributed by atoms with Crippen LogP contribution in [0.15, 0.2) is 35.3 Å². The van der Waals surface area contributed by atoms with E-state index in [0.29, 0.717) is 19.0 Å². The van der Waals surface area contributed by atoms with Gasteiger partial charge in [0.2, 0.25) is 5.91 Å². The van der Waals surface area contributed by atoms with Gasteiger partial charge in [-0.3, -0.25) is 9.59 Å². The quantitative estimate of drug-likeness (QED) is 0.263. The number of aliphatic imine (C=N–C) groups is 1. The number of aliphatic hydroxyl groups is 3. The standard InChI is InChI=1S/C45H73N3O13/c1-14-32-45(10,53)36(49)28(6)47-39(51)24(2)21-44(9,55-13)38(26(4)34(27(5)40(52)58-32)59-33-22-43(8,54-12)37(50)29(7)57-33)61-41-35-31(20-25(3)56-41)48(11)42(60-35)46-23-30-18-16-15-17-19-30/h15-19,24-29,31-38,41,49-50,53H,14,20-23H2,1-13H3,(H,47,51)/t24-,25-,26+,27-,28-,29+,31+,32-,33+,34+,35-,36-,37+,38-,41+,43-,44-,45-/m1/s1. The van der Waals surface area contributed by atoms with Crippen molar-refractivity contribution in [2.75, 3.05) is 21.3 Å². The molecule has 16 nitrogen and oxygen atoms in total. The van der Waals surface area contributed by atoms with Gasteiger partial charge in [-0.2, -0.15) is 0 Å². The lowest BCUT2D eigenvalue weighted by Gasteiger charge is -2.49. The molecular weight excluding hydrogens is 791 g/mol. The van der Waals surface area contributed by atoms with Crippen LogP contribution < -0.4 is 5.32 Å². The van der Waals surface area contributed by atoms with E-state index in [0.717, 1.165) is 5.56 Å². The fourth-order valence-electron chi connectivity index (χ4n) is 9.64. The number of carbonyl (C=O) groups is 2. The second kappa shape index (κ2) is 19.9. The van der Waals surface area contributed by atoms with Gasteiger partial charge in [-0.15, -0.1) is 0 Å². The summed E-state index contributed by atoms with van der Waals surface area (Å²) in [6.45, 7) is 17.8. The van der Waals surface area contributed by atoms with Gasteiger partial charge >= 0.3 is 5.97 Å². The average Bonchev–Trinajstić information content (AvgIpc) is 3.55. The fraction of sp³-hybridized carbons (Fsp3) is 0.800. The molecule has 346 valence electrons. The molecule has 18 atom stereocenters. The summed E-state index contributed by atoms with van der Waals surface area (Å²) in [5, 5.41) is 37.1. The van der Waals surface area contributed by atoms with Crippen molar-refractivity contribution < 1.29 is 62.8 Å². The van der Waals surface area contributed by atoms with E-state index in [2.05, 4.69) is 5.32 Å². The van der Waals surface area contributed by atoms with Crippen LogP contribution in [0, 0.1) is 17.8 Å². The van der Waals surface area contributed by atoms with Crippen molar-refractivity contribution in [1.82, 2.24) is 10.2 Å². The number of aliphatic hydroxyl groups excluding tert-OH is 2. The number of cyclic esters (lactones) is 1. The first-order valence-electron chi connectivity index (χ1n) is 21.9. The Hall–Kier alpha value is -2.93. The molecule has 4 heterocycles. The predicted octanol–water partition coefficient (Wildman–Crippen LogP) is 3.70. The van der Waals surface area contributed by atoms with Crippen molar-refractivity contribution in [2.45, 2.75) is 192 Å². The van der Waals surface area contributed by atoms with Gasteiger partial charge in [0.1, 0.15) is 23.9 Å². The molecule has 4 fully saturated rings. The monoisotopic (exact) mass is 864 g/mol. The van der Waals surface area contributed by atoms with Crippen molar-refractivity contribution in [3.63, 3.8) is 0 Å². The molecule has 0 aliphatic carbocycles. The Morgan fingerprint density at radius 1 is 0.902 bits per heavy atom. The largest absolute Gasteiger partial charge is 0.459 e. The Morgan fingerprint density at radius 3 is 2.18 bits per heavy atom.